The van der Waals surface area contributed by atoms with Crippen LogP contribution < -0.4 is 10.8 Å². The molecule has 1 unspecified atom stereocenters. The maximum Gasteiger partial charge on any atom is 0.400 e. The van der Waals surface area contributed by atoms with Gasteiger partial charge in [0.15, 0.2) is 6.23 Å². The van der Waals surface area contributed by atoms with Gasteiger partial charge in [-0.3, -0.25) is 19.5 Å². The number of nitrogens with zero attached hydrogens (tertiary/aromatic N) is 1. The number of ether oxygens (including phenoxy) is 1. The molecule has 5 atom stereocenters. The van der Waals surface area contributed by atoms with E-state index in [9.17, 15) is 24.4 Å². The van der Waals surface area contributed by atoms with Crippen LogP contribution in [0.2, 0.25) is 0 Å². The molecule has 0 bridgehead atoms. The van der Waals surface area contributed by atoms with Gasteiger partial charge in [-0.2, -0.15) is 0 Å². The van der Waals surface area contributed by atoms with Crippen molar-refractivity contribution in [2.45, 2.75) is 31.0 Å². The van der Waals surface area contributed by atoms with Crippen molar-refractivity contribution in [1.82, 2.24) is 10.2 Å². The largest absolute Gasteiger partial charge is 0.400 e. The van der Waals surface area contributed by atoms with Crippen LogP contribution in [0.15, 0.2) is 0 Å². The molecule has 2 saturated heterocycles. The number of imide groups is 1. The lowest BCUT2D eigenvalue weighted by Gasteiger charge is -2.32. The molecule has 120 valence electrons. The fraction of sp³-hybridized carbons (Fsp3) is 0.778. The maximum absolute atomic E-state index is 11.7. The van der Waals surface area contributed by atoms with Gasteiger partial charge in [-0.05, 0) is 0 Å². The summed E-state index contributed by atoms with van der Waals surface area (Å²) in [6.07, 6.45) is -5.19. The van der Waals surface area contributed by atoms with E-state index < -0.39 is 50.8 Å². The van der Waals surface area contributed by atoms with Gasteiger partial charge in [0.25, 0.3) is 0 Å². The first kappa shape index (κ1) is 16.3. The zero-order valence-electron chi connectivity index (χ0n) is 10.8. The zero-order valence-corrected chi connectivity index (χ0v) is 11.7. The van der Waals surface area contributed by atoms with Crippen molar-refractivity contribution in [1.29, 1.82) is 0 Å². The van der Waals surface area contributed by atoms with Crippen LogP contribution in [-0.4, -0.2) is 69.6 Å². The Morgan fingerprint density at radius 2 is 2.10 bits per heavy atom. The third-order valence-electron chi connectivity index (χ3n) is 3.16. The van der Waals surface area contributed by atoms with Gasteiger partial charge >= 0.3 is 13.8 Å². The van der Waals surface area contributed by atoms with Gasteiger partial charge in [0.2, 0.25) is 5.91 Å². The minimum Gasteiger partial charge on any atom is -0.387 e. The number of aliphatic hydroxyl groups excluding tert-OH is 2. The molecule has 0 aromatic heterocycles. The molecular formula is C9H16N3O8P. The third-order valence-corrected chi connectivity index (χ3v) is 3.67. The van der Waals surface area contributed by atoms with E-state index in [2.05, 4.69) is 9.84 Å². The SMILES string of the molecule is NP(=O)(O)OC[C@H]1O[C@@H](N2CCC(=O)NC2=O)[C@H](O)[C@@H]1O. The molecule has 0 aromatic rings. The van der Waals surface area contributed by atoms with Crippen molar-refractivity contribution >= 4 is 19.7 Å². The van der Waals surface area contributed by atoms with E-state index in [4.69, 9.17) is 15.1 Å². The lowest BCUT2D eigenvalue weighted by atomic mass is 10.1. The normalized spacial score (nSPS) is 36.5. The third kappa shape index (κ3) is 3.77. The first-order chi connectivity index (χ1) is 9.69. The van der Waals surface area contributed by atoms with Crippen molar-refractivity contribution in [3.8, 4) is 0 Å². The highest BCUT2D eigenvalue weighted by Crippen LogP contribution is 2.34. The zero-order chi connectivity index (χ0) is 15.8. The Morgan fingerprint density at radius 3 is 2.67 bits per heavy atom. The number of urea groups is 1. The second-order valence-corrected chi connectivity index (χ2v) is 6.09. The summed E-state index contributed by atoms with van der Waals surface area (Å²) in [7, 11) is -4.25. The van der Waals surface area contributed by atoms with Crippen molar-refractivity contribution in [2.75, 3.05) is 13.2 Å². The average molecular weight is 325 g/mol. The molecule has 11 nitrogen and oxygen atoms in total. The Balaban J connectivity index is 2.01. The lowest BCUT2D eigenvalue weighted by molar-refractivity contribution is -0.125. The Kier molecular flexibility index (Phi) is 4.63. The van der Waals surface area contributed by atoms with Crippen LogP contribution in [0.5, 0.6) is 0 Å². The minimum absolute atomic E-state index is 0.0159. The molecule has 0 radical (unpaired) electrons. The summed E-state index contributed by atoms with van der Waals surface area (Å²) in [5, 5.41) is 21.7. The first-order valence-corrected chi connectivity index (χ1v) is 7.71. The van der Waals surface area contributed by atoms with Gasteiger partial charge in [0, 0.05) is 13.0 Å². The summed E-state index contributed by atoms with van der Waals surface area (Å²) in [5.74, 6) is -0.450. The average Bonchev–Trinajstić information content (AvgIpc) is 2.64. The summed E-state index contributed by atoms with van der Waals surface area (Å²) in [5.41, 5.74) is 4.79. The molecule has 2 aliphatic rings. The number of hydrogen-bond donors (Lipinski definition) is 5. The highest BCUT2D eigenvalue weighted by atomic mass is 31.2. The number of hydrogen-bond acceptors (Lipinski definition) is 7. The fourth-order valence-corrected chi connectivity index (χ4v) is 2.49. The Hall–Kier alpha value is -1.07. The molecule has 0 aliphatic carbocycles. The van der Waals surface area contributed by atoms with Crippen LogP contribution in [0.25, 0.3) is 0 Å². The predicted molar refractivity (Wildman–Crippen MR) is 65.5 cm³/mol. The molecule has 0 aromatic carbocycles. The topological polar surface area (TPSA) is 172 Å². The lowest BCUT2D eigenvalue weighted by Crippen LogP contribution is -2.56. The van der Waals surface area contributed by atoms with Crippen molar-refractivity contribution in [3.63, 3.8) is 0 Å². The summed E-state index contributed by atoms with van der Waals surface area (Å²) in [6.45, 7) is -0.518. The van der Waals surface area contributed by atoms with Gasteiger partial charge in [-0.1, -0.05) is 0 Å². The maximum atomic E-state index is 11.7. The van der Waals surface area contributed by atoms with Crippen molar-refractivity contribution in [2.24, 2.45) is 5.50 Å². The number of nitrogens with two attached hydrogens (primary N) is 1. The van der Waals surface area contributed by atoms with E-state index in [1.54, 1.807) is 0 Å². The number of amides is 3. The van der Waals surface area contributed by atoms with Crippen LogP contribution in [0, 0.1) is 0 Å². The van der Waals surface area contributed by atoms with Gasteiger partial charge in [0.05, 0.1) is 6.61 Å². The number of carbonyl (C=O) groups is 2. The van der Waals surface area contributed by atoms with E-state index in [1.807, 2.05) is 0 Å². The minimum atomic E-state index is -4.25. The Labute approximate surface area is 119 Å². The van der Waals surface area contributed by atoms with Crippen LogP contribution in [0.3, 0.4) is 0 Å². The number of carbonyl (C=O) groups excluding carboxylic acids is 2. The summed E-state index contributed by atoms with van der Waals surface area (Å²) in [6, 6.07) is -0.754. The molecule has 3 amide bonds. The molecule has 2 rings (SSSR count). The second-order valence-electron chi connectivity index (χ2n) is 4.70. The fourth-order valence-electron chi connectivity index (χ4n) is 2.12. The molecular weight excluding hydrogens is 309 g/mol. The van der Waals surface area contributed by atoms with Gasteiger partial charge in [-0.15, -0.1) is 0 Å². The van der Waals surface area contributed by atoms with E-state index in [-0.39, 0.29) is 13.0 Å². The van der Waals surface area contributed by atoms with Crippen LogP contribution in [0.4, 0.5) is 4.79 Å². The van der Waals surface area contributed by atoms with E-state index in [0.29, 0.717) is 0 Å². The number of nitrogens with one attached hydrogen (secondary N) is 1. The molecule has 2 heterocycles. The standard InChI is InChI=1S/C9H16N3O8P/c10-21(17,18)19-3-4-6(14)7(15)8(20-4)12-2-1-5(13)11-9(12)16/h4,6-8,14-15H,1-3H2,(H3,10,17,18)(H,11,13,16)/t4-,6-,7-,8-/m1/s1. The monoisotopic (exact) mass is 325 g/mol. The van der Waals surface area contributed by atoms with Crippen molar-refractivity contribution < 1.29 is 38.5 Å². The number of aliphatic hydroxyl groups is 2. The smallest absolute Gasteiger partial charge is 0.387 e. The first-order valence-electron chi connectivity index (χ1n) is 6.07. The van der Waals surface area contributed by atoms with Gasteiger partial charge in [-0.25, -0.2) is 14.9 Å². The highest BCUT2D eigenvalue weighted by Gasteiger charge is 2.48. The molecule has 6 N–H and O–H groups in total. The quantitative estimate of drug-likeness (QED) is 0.349. The van der Waals surface area contributed by atoms with Crippen LogP contribution >= 0.6 is 7.75 Å². The summed E-state index contributed by atoms with van der Waals surface area (Å²) < 4.78 is 20.5. The van der Waals surface area contributed by atoms with Crippen molar-refractivity contribution in [3.05, 3.63) is 0 Å². The van der Waals surface area contributed by atoms with E-state index >= 15 is 0 Å². The Morgan fingerprint density at radius 1 is 1.43 bits per heavy atom. The molecule has 21 heavy (non-hydrogen) atoms. The Bertz CT molecular complexity index is 482. The van der Waals surface area contributed by atoms with Crippen LogP contribution in [0.1, 0.15) is 6.42 Å². The molecule has 0 spiro atoms. The van der Waals surface area contributed by atoms with Gasteiger partial charge < -0.3 is 19.8 Å². The van der Waals surface area contributed by atoms with Gasteiger partial charge in [0.1, 0.15) is 18.3 Å². The van der Waals surface area contributed by atoms with E-state index in [1.165, 1.54) is 0 Å². The summed E-state index contributed by atoms with van der Waals surface area (Å²) in [4.78, 5) is 32.6. The highest BCUT2D eigenvalue weighted by molar-refractivity contribution is 7.50. The van der Waals surface area contributed by atoms with E-state index in [0.717, 1.165) is 4.90 Å². The number of rotatable bonds is 4. The summed E-state index contributed by atoms with van der Waals surface area (Å²) >= 11 is 0. The van der Waals surface area contributed by atoms with Crippen LogP contribution in [-0.2, 0) is 18.6 Å². The molecule has 2 fully saturated rings. The molecule has 0 saturated carbocycles. The second kappa shape index (κ2) is 5.97. The predicted octanol–water partition coefficient (Wildman–Crippen LogP) is -2.55. The molecule has 12 heteroatoms. The molecule has 2 aliphatic heterocycles.